The van der Waals surface area contributed by atoms with E-state index in [2.05, 4.69) is 12.7 Å². The second-order valence-electron chi connectivity index (χ2n) is 10.3. The number of hydrogen-bond donors (Lipinski definition) is 0. The van der Waals surface area contributed by atoms with Gasteiger partial charge in [-0.2, -0.15) is 8.78 Å². The van der Waals surface area contributed by atoms with Gasteiger partial charge in [-0.05, 0) is 113 Å². The van der Waals surface area contributed by atoms with Crippen LogP contribution < -0.4 is 9.47 Å². The normalized spacial score (nSPS) is 32.8. The van der Waals surface area contributed by atoms with Crippen LogP contribution in [0.2, 0.25) is 0 Å². The average Bonchev–Trinajstić information content (AvgIpc) is 2.87. The monoisotopic (exact) mass is 462 g/mol. The second-order valence-corrected chi connectivity index (χ2v) is 10.3. The molecule has 33 heavy (non-hydrogen) atoms. The molecule has 1 aromatic rings. The standard InChI is InChI=1S/C28H40F2O3/c1-3-19-5-9-21(10-6-19)23-13-14-24(33-18-23)22-11-7-20(8-12-22)17-32-26-16-15-25(31-4-2)27(29)28(26)30/h3,15-16,19-24H,1,4-14,17-18H2,2H3. The molecule has 1 aromatic carbocycles. The molecule has 2 unspecified atom stereocenters. The van der Waals surface area contributed by atoms with Gasteiger partial charge in [-0.1, -0.05) is 6.08 Å². The Bertz CT molecular complexity index is 759. The molecule has 3 fully saturated rings. The lowest BCUT2D eigenvalue weighted by Gasteiger charge is -2.41. The van der Waals surface area contributed by atoms with Crippen molar-refractivity contribution >= 4 is 0 Å². The molecule has 1 heterocycles. The van der Waals surface area contributed by atoms with Crippen molar-refractivity contribution in [1.82, 2.24) is 0 Å². The minimum absolute atomic E-state index is 0.0261. The Morgan fingerprint density at radius 1 is 0.848 bits per heavy atom. The highest BCUT2D eigenvalue weighted by Crippen LogP contribution is 2.41. The third-order valence-corrected chi connectivity index (χ3v) is 8.37. The highest BCUT2D eigenvalue weighted by molar-refractivity contribution is 5.35. The molecule has 2 atom stereocenters. The molecule has 0 N–H and O–H groups in total. The van der Waals surface area contributed by atoms with E-state index in [-0.39, 0.29) is 11.5 Å². The zero-order valence-electron chi connectivity index (χ0n) is 20.1. The lowest BCUT2D eigenvalue weighted by atomic mass is 9.72. The first-order chi connectivity index (χ1) is 16.1. The third-order valence-electron chi connectivity index (χ3n) is 8.37. The van der Waals surface area contributed by atoms with Crippen molar-refractivity contribution < 1.29 is 23.0 Å². The maximum absolute atomic E-state index is 14.2. The van der Waals surface area contributed by atoms with E-state index in [0.29, 0.717) is 31.2 Å². The zero-order chi connectivity index (χ0) is 23.2. The summed E-state index contributed by atoms with van der Waals surface area (Å²) < 4.78 is 45.5. The summed E-state index contributed by atoms with van der Waals surface area (Å²) in [6.45, 7) is 7.36. The third kappa shape index (κ3) is 6.09. The Morgan fingerprint density at radius 2 is 1.45 bits per heavy atom. The topological polar surface area (TPSA) is 27.7 Å². The van der Waals surface area contributed by atoms with Gasteiger partial charge in [0.1, 0.15) is 0 Å². The molecule has 0 amide bonds. The highest BCUT2D eigenvalue weighted by Gasteiger charge is 2.35. The number of ether oxygens (including phenoxy) is 3. The summed E-state index contributed by atoms with van der Waals surface area (Å²) >= 11 is 0. The Morgan fingerprint density at radius 3 is 2.03 bits per heavy atom. The summed E-state index contributed by atoms with van der Waals surface area (Å²) in [7, 11) is 0. The summed E-state index contributed by atoms with van der Waals surface area (Å²) in [4.78, 5) is 0. The van der Waals surface area contributed by atoms with Gasteiger partial charge in [-0.15, -0.1) is 6.58 Å². The molecule has 3 aliphatic rings. The van der Waals surface area contributed by atoms with Gasteiger partial charge >= 0.3 is 0 Å². The molecule has 1 saturated heterocycles. The van der Waals surface area contributed by atoms with E-state index in [1.54, 1.807) is 6.92 Å². The van der Waals surface area contributed by atoms with Crippen molar-refractivity contribution in [3.63, 3.8) is 0 Å². The molecule has 0 spiro atoms. The van der Waals surface area contributed by atoms with Crippen molar-refractivity contribution in [2.75, 3.05) is 19.8 Å². The minimum atomic E-state index is -0.973. The Kier molecular flexibility index (Phi) is 8.67. The van der Waals surface area contributed by atoms with Gasteiger partial charge in [-0.3, -0.25) is 0 Å². The fourth-order valence-electron chi connectivity index (χ4n) is 6.21. The van der Waals surface area contributed by atoms with Crippen LogP contribution in [0.15, 0.2) is 24.8 Å². The Hall–Kier alpha value is -1.62. The van der Waals surface area contributed by atoms with Crippen LogP contribution in [-0.2, 0) is 4.74 Å². The molecule has 3 nitrogen and oxygen atoms in total. The zero-order valence-corrected chi connectivity index (χ0v) is 20.1. The molecule has 0 bridgehead atoms. The average molecular weight is 463 g/mol. The molecule has 4 rings (SSSR count). The Labute approximate surface area is 197 Å². The molecular formula is C28H40F2O3. The van der Waals surface area contributed by atoms with Gasteiger partial charge in [0, 0.05) is 0 Å². The van der Waals surface area contributed by atoms with Crippen LogP contribution in [0.25, 0.3) is 0 Å². The summed E-state index contributed by atoms with van der Waals surface area (Å²) in [6.07, 6.45) is 14.7. The van der Waals surface area contributed by atoms with Gasteiger partial charge < -0.3 is 14.2 Å². The molecule has 0 aromatic heterocycles. The van der Waals surface area contributed by atoms with E-state index in [1.807, 2.05) is 0 Å². The molecule has 5 heteroatoms. The number of hydrogen-bond acceptors (Lipinski definition) is 3. The first-order valence-corrected chi connectivity index (χ1v) is 13.1. The second kappa shape index (κ2) is 11.7. The van der Waals surface area contributed by atoms with Crippen LogP contribution in [0.4, 0.5) is 8.78 Å². The maximum Gasteiger partial charge on any atom is 0.204 e. The highest BCUT2D eigenvalue weighted by atomic mass is 19.2. The summed E-state index contributed by atoms with van der Waals surface area (Å²) in [5.41, 5.74) is 0. The van der Waals surface area contributed by atoms with Crippen molar-refractivity contribution in [3.8, 4) is 11.5 Å². The van der Waals surface area contributed by atoms with E-state index in [4.69, 9.17) is 14.2 Å². The number of rotatable bonds is 8. The van der Waals surface area contributed by atoms with Crippen LogP contribution in [0, 0.1) is 41.2 Å². The van der Waals surface area contributed by atoms with Crippen molar-refractivity contribution in [3.05, 3.63) is 36.4 Å². The van der Waals surface area contributed by atoms with Crippen molar-refractivity contribution in [2.45, 2.75) is 77.2 Å². The molecule has 1 aliphatic heterocycles. The van der Waals surface area contributed by atoms with Gasteiger partial charge in [0.2, 0.25) is 11.6 Å². The van der Waals surface area contributed by atoms with Crippen LogP contribution in [-0.4, -0.2) is 25.9 Å². The van der Waals surface area contributed by atoms with E-state index >= 15 is 0 Å². The van der Waals surface area contributed by atoms with Gasteiger partial charge in [0.15, 0.2) is 11.5 Å². The Balaban J connectivity index is 1.17. The predicted octanol–water partition coefficient (Wildman–Crippen LogP) is 7.34. The van der Waals surface area contributed by atoms with Crippen LogP contribution in [0.1, 0.15) is 71.1 Å². The van der Waals surface area contributed by atoms with Crippen LogP contribution in [0.5, 0.6) is 11.5 Å². The molecule has 2 aliphatic carbocycles. The van der Waals surface area contributed by atoms with E-state index in [1.165, 1.54) is 50.7 Å². The SMILES string of the molecule is C=CC1CCC(C2CCC(C3CCC(COc4ccc(OCC)c(F)c4F)CC3)OC2)CC1. The van der Waals surface area contributed by atoms with Gasteiger partial charge in [0.25, 0.3) is 0 Å². The molecular weight excluding hydrogens is 422 g/mol. The van der Waals surface area contributed by atoms with Crippen molar-refractivity contribution in [2.24, 2.45) is 29.6 Å². The number of benzene rings is 1. The van der Waals surface area contributed by atoms with Gasteiger partial charge in [-0.25, -0.2) is 0 Å². The molecule has 184 valence electrons. The molecule has 0 radical (unpaired) electrons. The van der Waals surface area contributed by atoms with Gasteiger partial charge in [0.05, 0.1) is 25.9 Å². The fraction of sp³-hybridized carbons (Fsp3) is 0.714. The van der Waals surface area contributed by atoms with Crippen molar-refractivity contribution in [1.29, 1.82) is 0 Å². The fourth-order valence-corrected chi connectivity index (χ4v) is 6.21. The summed E-state index contributed by atoms with van der Waals surface area (Å²) in [6, 6.07) is 2.90. The van der Waals surface area contributed by atoms with Crippen LogP contribution >= 0.6 is 0 Å². The summed E-state index contributed by atoms with van der Waals surface area (Å²) in [5.74, 6) is 1.28. The predicted molar refractivity (Wildman–Crippen MR) is 127 cm³/mol. The van der Waals surface area contributed by atoms with E-state index in [9.17, 15) is 8.78 Å². The minimum Gasteiger partial charge on any atom is -0.491 e. The quantitative estimate of drug-likeness (QED) is 0.378. The summed E-state index contributed by atoms with van der Waals surface area (Å²) in [5, 5.41) is 0. The number of allylic oxidation sites excluding steroid dienone is 1. The van der Waals surface area contributed by atoms with E-state index < -0.39 is 11.6 Å². The van der Waals surface area contributed by atoms with E-state index in [0.717, 1.165) is 50.0 Å². The number of halogens is 2. The van der Waals surface area contributed by atoms with Crippen LogP contribution in [0.3, 0.4) is 0 Å². The smallest absolute Gasteiger partial charge is 0.204 e. The molecule has 2 saturated carbocycles. The first kappa shape index (κ1) is 24.5. The largest absolute Gasteiger partial charge is 0.491 e. The lowest BCUT2D eigenvalue weighted by Crippen LogP contribution is -2.37. The maximum atomic E-state index is 14.2. The first-order valence-electron chi connectivity index (χ1n) is 13.1. The lowest BCUT2D eigenvalue weighted by molar-refractivity contribution is -0.0742.